The van der Waals surface area contributed by atoms with E-state index < -0.39 is 0 Å². The lowest BCUT2D eigenvalue weighted by molar-refractivity contribution is -0.133. The smallest absolute Gasteiger partial charge is 0.246 e. The van der Waals surface area contributed by atoms with Crippen molar-refractivity contribution in [3.63, 3.8) is 0 Å². The number of nitrogens with one attached hydrogen (secondary N) is 2. The number of likely N-dealkylation sites (N-methyl/N-ethyl adjacent to an activating group) is 1. The van der Waals surface area contributed by atoms with Crippen molar-refractivity contribution in [3.05, 3.63) is 0 Å². The van der Waals surface area contributed by atoms with Gasteiger partial charge in [-0.2, -0.15) is 0 Å². The molecule has 0 bridgehead atoms. The number of aliphatic imine (C=N–C) groups is 1. The first-order valence-corrected chi connectivity index (χ1v) is 5.67. The van der Waals surface area contributed by atoms with Crippen molar-refractivity contribution in [2.75, 3.05) is 46.8 Å². The van der Waals surface area contributed by atoms with Crippen LogP contribution >= 0.6 is 0 Å². The molecule has 1 atom stereocenters. The van der Waals surface area contributed by atoms with E-state index in [9.17, 15) is 4.79 Å². The van der Waals surface area contributed by atoms with E-state index in [1.54, 1.807) is 19.0 Å². The lowest BCUT2D eigenvalue weighted by atomic mass is 10.2. The van der Waals surface area contributed by atoms with Gasteiger partial charge in [0.1, 0.15) is 6.04 Å². The molecule has 2 aliphatic heterocycles. The maximum atomic E-state index is 12.0. The van der Waals surface area contributed by atoms with Gasteiger partial charge >= 0.3 is 0 Å². The molecule has 6 nitrogen and oxygen atoms in total. The maximum Gasteiger partial charge on any atom is 0.246 e. The van der Waals surface area contributed by atoms with Crippen LogP contribution in [0, 0.1) is 0 Å². The molecule has 0 aromatic carbocycles. The summed E-state index contributed by atoms with van der Waals surface area (Å²) in [6.45, 7) is 4.11. The highest BCUT2D eigenvalue weighted by Gasteiger charge is 2.32. The van der Waals surface area contributed by atoms with Gasteiger partial charge in [0.2, 0.25) is 5.91 Å². The van der Waals surface area contributed by atoms with E-state index in [4.69, 9.17) is 0 Å². The first kappa shape index (κ1) is 11.2. The first-order chi connectivity index (χ1) is 7.70. The third-order valence-corrected chi connectivity index (χ3v) is 2.90. The molecule has 0 spiro atoms. The second kappa shape index (κ2) is 4.69. The van der Waals surface area contributed by atoms with Crippen molar-refractivity contribution in [2.45, 2.75) is 6.04 Å². The lowest BCUT2D eigenvalue weighted by Gasteiger charge is -2.37. The number of hydrogen-bond donors (Lipinski definition) is 2. The van der Waals surface area contributed by atoms with Crippen LogP contribution in [0.3, 0.4) is 0 Å². The minimum absolute atomic E-state index is 0.128. The molecular weight excluding hydrogens is 206 g/mol. The number of carbonyl (C=O) groups is 1. The van der Waals surface area contributed by atoms with Crippen LogP contribution in [0.1, 0.15) is 0 Å². The fraction of sp³-hybridized carbons (Fsp3) is 0.800. The second-order valence-corrected chi connectivity index (χ2v) is 4.28. The van der Waals surface area contributed by atoms with E-state index in [2.05, 4.69) is 20.5 Å². The Balaban J connectivity index is 2.10. The summed E-state index contributed by atoms with van der Waals surface area (Å²) < 4.78 is 0. The molecule has 2 N–H and O–H groups in total. The van der Waals surface area contributed by atoms with Gasteiger partial charge < -0.3 is 20.4 Å². The molecule has 90 valence electrons. The largest absolute Gasteiger partial charge is 0.354 e. The summed E-state index contributed by atoms with van der Waals surface area (Å²) >= 11 is 0. The van der Waals surface area contributed by atoms with Crippen LogP contribution in [0.2, 0.25) is 0 Å². The third-order valence-electron chi connectivity index (χ3n) is 2.90. The van der Waals surface area contributed by atoms with Crippen LogP contribution in [-0.2, 0) is 4.79 Å². The van der Waals surface area contributed by atoms with Crippen LogP contribution < -0.4 is 10.6 Å². The average molecular weight is 225 g/mol. The summed E-state index contributed by atoms with van der Waals surface area (Å²) in [5.74, 6) is 1.00. The molecule has 2 heterocycles. The highest BCUT2D eigenvalue weighted by molar-refractivity contribution is 5.90. The molecule has 0 aromatic heterocycles. The van der Waals surface area contributed by atoms with Crippen LogP contribution in [-0.4, -0.2) is 74.5 Å². The summed E-state index contributed by atoms with van der Waals surface area (Å²) in [7, 11) is 3.58. The Kier molecular flexibility index (Phi) is 3.28. The number of rotatable bonds is 1. The molecule has 2 rings (SSSR count). The van der Waals surface area contributed by atoms with E-state index >= 15 is 0 Å². The maximum absolute atomic E-state index is 12.0. The van der Waals surface area contributed by atoms with E-state index in [-0.39, 0.29) is 11.9 Å². The summed E-state index contributed by atoms with van der Waals surface area (Å²) in [5, 5.41) is 6.48. The zero-order valence-electron chi connectivity index (χ0n) is 9.86. The summed E-state index contributed by atoms with van der Waals surface area (Å²) in [4.78, 5) is 20.1. The Hall–Kier alpha value is -1.30. The predicted molar refractivity (Wildman–Crippen MR) is 62.4 cm³/mol. The molecule has 0 aliphatic carbocycles. The van der Waals surface area contributed by atoms with Gasteiger partial charge in [-0.1, -0.05) is 0 Å². The molecule has 1 saturated heterocycles. The second-order valence-electron chi connectivity index (χ2n) is 4.28. The number of hydrogen-bond acceptors (Lipinski definition) is 5. The highest BCUT2D eigenvalue weighted by atomic mass is 16.2. The Morgan fingerprint density at radius 2 is 2.31 bits per heavy atom. The van der Waals surface area contributed by atoms with E-state index in [1.807, 2.05) is 0 Å². The van der Waals surface area contributed by atoms with Crippen LogP contribution in [0.25, 0.3) is 0 Å². The topological polar surface area (TPSA) is 60.0 Å². The Morgan fingerprint density at radius 3 is 2.94 bits per heavy atom. The monoisotopic (exact) mass is 225 g/mol. The van der Waals surface area contributed by atoms with Gasteiger partial charge in [-0.25, -0.2) is 0 Å². The number of amides is 1. The summed E-state index contributed by atoms with van der Waals surface area (Å²) in [5.41, 5.74) is 0. The first-order valence-electron chi connectivity index (χ1n) is 5.67. The number of guanidine groups is 1. The third kappa shape index (κ3) is 2.11. The standard InChI is InChI=1S/C10H19N5O/c1-14(2)9(16)8-7-11-5-6-15(8)10-12-3-4-13-10/h8,11H,3-7H2,1-2H3,(H,12,13). The van der Waals surface area contributed by atoms with Gasteiger partial charge in [0, 0.05) is 40.3 Å². The Morgan fingerprint density at radius 1 is 1.50 bits per heavy atom. The van der Waals surface area contributed by atoms with Crippen LogP contribution in [0.4, 0.5) is 0 Å². The molecule has 0 aromatic rings. The zero-order chi connectivity index (χ0) is 11.5. The van der Waals surface area contributed by atoms with Crippen molar-refractivity contribution in [1.82, 2.24) is 20.4 Å². The van der Waals surface area contributed by atoms with Gasteiger partial charge in [-0.15, -0.1) is 0 Å². The van der Waals surface area contributed by atoms with Crippen molar-refractivity contribution < 1.29 is 4.79 Å². The van der Waals surface area contributed by atoms with E-state index in [1.165, 1.54) is 0 Å². The molecule has 0 saturated carbocycles. The predicted octanol–water partition coefficient (Wildman–Crippen LogP) is -1.69. The summed E-state index contributed by atoms with van der Waals surface area (Å²) in [6, 6.07) is -0.131. The molecule has 16 heavy (non-hydrogen) atoms. The minimum Gasteiger partial charge on any atom is -0.354 e. The minimum atomic E-state index is -0.131. The fourth-order valence-corrected chi connectivity index (χ4v) is 2.05. The quantitative estimate of drug-likeness (QED) is 0.559. The van der Waals surface area contributed by atoms with Gasteiger partial charge in [-0.05, 0) is 0 Å². The SMILES string of the molecule is CN(C)C(=O)C1CNCCN1C1=NCCN1. The van der Waals surface area contributed by atoms with Gasteiger partial charge in [0.15, 0.2) is 5.96 Å². The van der Waals surface area contributed by atoms with Crippen molar-refractivity contribution in [1.29, 1.82) is 0 Å². The average Bonchev–Trinajstić information content (AvgIpc) is 2.81. The van der Waals surface area contributed by atoms with Gasteiger partial charge in [-0.3, -0.25) is 9.79 Å². The normalized spacial score (nSPS) is 25.0. The zero-order valence-corrected chi connectivity index (χ0v) is 9.86. The fourth-order valence-electron chi connectivity index (χ4n) is 2.05. The van der Waals surface area contributed by atoms with Gasteiger partial charge in [0.05, 0.1) is 6.54 Å². The molecule has 0 radical (unpaired) electrons. The Labute approximate surface area is 95.7 Å². The number of nitrogens with zero attached hydrogens (tertiary/aromatic N) is 3. The van der Waals surface area contributed by atoms with Gasteiger partial charge in [0.25, 0.3) is 0 Å². The Bertz CT molecular complexity index is 302. The van der Waals surface area contributed by atoms with Crippen molar-refractivity contribution in [2.24, 2.45) is 4.99 Å². The number of carbonyl (C=O) groups excluding carboxylic acids is 1. The molecule has 1 fully saturated rings. The number of piperazine rings is 1. The van der Waals surface area contributed by atoms with E-state index in [0.29, 0.717) is 6.54 Å². The van der Waals surface area contributed by atoms with E-state index in [0.717, 1.165) is 32.1 Å². The van der Waals surface area contributed by atoms with Crippen molar-refractivity contribution >= 4 is 11.9 Å². The van der Waals surface area contributed by atoms with Crippen LogP contribution in [0.5, 0.6) is 0 Å². The summed E-state index contributed by atoms with van der Waals surface area (Å²) in [6.07, 6.45) is 0. The molecule has 1 unspecified atom stereocenters. The molecule has 2 aliphatic rings. The highest BCUT2D eigenvalue weighted by Crippen LogP contribution is 2.08. The lowest BCUT2D eigenvalue weighted by Crippen LogP contribution is -2.61. The molecule has 6 heteroatoms. The molecule has 1 amide bonds. The molecular formula is C10H19N5O. The van der Waals surface area contributed by atoms with Crippen LogP contribution in [0.15, 0.2) is 4.99 Å². The van der Waals surface area contributed by atoms with Crippen molar-refractivity contribution in [3.8, 4) is 0 Å².